The molecule has 0 spiro atoms. The Morgan fingerprint density at radius 3 is 2.24 bits per heavy atom. The minimum Gasteiger partial charge on any atom is -0.369 e. The number of piperazine rings is 1. The van der Waals surface area contributed by atoms with E-state index in [1.807, 2.05) is 14.5 Å². The Bertz CT molecular complexity index is 1180. The van der Waals surface area contributed by atoms with Crippen LogP contribution >= 0.6 is 11.6 Å². The second kappa shape index (κ2) is 9.35. The molecular formula is C22H22ClF4N3O3S. The van der Waals surface area contributed by atoms with Crippen LogP contribution in [-0.2, 0) is 22.7 Å². The Labute approximate surface area is 199 Å². The van der Waals surface area contributed by atoms with Crippen LogP contribution in [0, 0.1) is 5.82 Å². The molecule has 0 bridgehead atoms. The number of hydrogen-bond acceptors (Lipinski definition) is 5. The Kier molecular flexibility index (Phi) is 6.80. The van der Waals surface area contributed by atoms with E-state index >= 15 is 0 Å². The fourth-order valence-electron chi connectivity index (χ4n) is 3.80. The summed E-state index contributed by atoms with van der Waals surface area (Å²) in [6, 6.07) is 7.25. The summed E-state index contributed by atoms with van der Waals surface area (Å²) in [4.78, 5) is 16.2. The van der Waals surface area contributed by atoms with Crippen LogP contribution in [0.5, 0.6) is 0 Å². The zero-order valence-corrected chi connectivity index (χ0v) is 19.5. The first-order valence-corrected chi connectivity index (χ1v) is 12.5. The van der Waals surface area contributed by atoms with Gasteiger partial charge in [-0.3, -0.25) is 9.69 Å². The lowest BCUT2D eigenvalue weighted by Crippen LogP contribution is -2.46. The van der Waals surface area contributed by atoms with Crippen molar-refractivity contribution in [2.24, 2.45) is 0 Å². The van der Waals surface area contributed by atoms with Gasteiger partial charge in [-0.05, 0) is 54.8 Å². The molecule has 0 unspecified atom stereocenters. The molecule has 2 fully saturated rings. The third-order valence-electron chi connectivity index (χ3n) is 5.90. The van der Waals surface area contributed by atoms with Crippen LogP contribution in [0.25, 0.3) is 0 Å². The number of nitrogens with zero attached hydrogens (tertiary/aromatic N) is 2. The highest BCUT2D eigenvalue weighted by Crippen LogP contribution is 2.31. The fraction of sp³-hybridized carbons (Fsp3) is 0.409. The van der Waals surface area contributed by atoms with Crippen LogP contribution in [0.1, 0.15) is 34.3 Å². The van der Waals surface area contributed by atoms with Gasteiger partial charge in [0, 0.05) is 43.4 Å². The summed E-state index contributed by atoms with van der Waals surface area (Å²) in [7, 11) is -3.81. The first-order chi connectivity index (χ1) is 15.9. The zero-order valence-electron chi connectivity index (χ0n) is 17.9. The topological polar surface area (TPSA) is 69.7 Å². The highest BCUT2D eigenvalue weighted by molar-refractivity contribution is 7.91. The molecule has 1 aliphatic carbocycles. The Morgan fingerprint density at radius 1 is 1.06 bits per heavy atom. The van der Waals surface area contributed by atoms with Gasteiger partial charge in [-0.2, -0.15) is 13.2 Å². The largest absolute Gasteiger partial charge is 0.416 e. The molecule has 12 heteroatoms. The Morgan fingerprint density at radius 2 is 1.68 bits per heavy atom. The molecule has 1 heterocycles. The number of benzene rings is 2. The van der Waals surface area contributed by atoms with Gasteiger partial charge in [0.15, 0.2) is 0 Å². The van der Waals surface area contributed by atoms with Gasteiger partial charge in [0.2, 0.25) is 10.0 Å². The van der Waals surface area contributed by atoms with Gasteiger partial charge in [0.1, 0.15) is 5.82 Å². The molecule has 0 radical (unpaired) electrons. The number of nitrogens with one attached hydrogen (secondary N) is 1. The van der Waals surface area contributed by atoms with E-state index in [9.17, 15) is 30.8 Å². The summed E-state index contributed by atoms with van der Waals surface area (Å²) in [5.41, 5.74) is -0.00379. The molecule has 1 saturated heterocycles. The van der Waals surface area contributed by atoms with Gasteiger partial charge in [-0.1, -0.05) is 11.6 Å². The first kappa shape index (κ1) is 24.7. The highest BCUT2D eigenvalue weighted by Gasteiger charge is 2.37. The standard InChI is InChI=1S/C22H22ClF4N3O3S/c23-19-12-18(21(31)28-34(32,33)17-5-6-17)20(24)11-14(19)13-29-7-9-30(10-8-29)16-3-1-15(2-4-16)22(25,26)27/h1-4,11-12,17H,5-10,13H2,(H,28,31). The molecule has 1 aliphatic heterocycles. The number of sulfonamides is 1. The molecule has 34 heavy (non-hydrogen) atoms. The van der Waals surface area contributed by atoms with E-state index < -0.39 is 44.3 Å². The summed E-state index contributed by atoms with van der Waals surface area (Å²) in [6.07, 6.45) is -3.44. The second-order valence-electron chi connectivity index (χ2n) is 8.41. The average molecular weight is 520 g/mol. The van der Waals surface area contributed by atoms with Crippen molar-refractivity contribution in [3.05, 3.63) is 63.9 Å². The van der Waals surface area contributed by atoms with Crippen molar-refractivity contribution in [3.8, 4) is 0 Å². The van der Waals surface area contributed by atoms with Gasteiger partial charge >= 0.3 is 6.18 Å². The average Bonchev–Trinajstić information content (AvgIpc) is 3.62. The molecule has 4 rings (SSSR count). The van der Waals surface area contributed by atoms with Crippen LogP contribution in [0.4, 0.5) is 23.2 Å². The van der Waals surface area contributed by atoms with Gasteiger partial charge in [0.05, 0.1) is 16.4 Å². The molecule has 0 atom stereocenters. The van der Waals surface area contributed by atoms with Crippen molar-refractivity contribution < 1.29 is 30.8 Å². The van der Waals surface area contributed by atoms with Crippen molar-refractivity contribution >= 4 is 33.2 Å². The maximum absolute atomic E-state index is 14.6. The maximum Gasteiger partial charge on any atom is 0.416 e. The van der Waals surface area contributed by atoms with E-state index in [1.165, 1.54) is 12.1 Å². The van der Waals surface area contributed by atoms with Crippen LogP contribution in [0.2, 0.25) is 5.02 Å². The van der Waals surface area contributed by atoms with Crippen LogP contribution < -0.4 is 9.62 Å². The minimum atomic E-state index is -4.38. The highest BCUT2D eigenvalue weighted by atomic mass is 35.5. The molecule has 6 nitrogen and oxygen atoms in total. The predicted molar refractivity (Wildman–Crippen MR) is 120 cm³/mol. The zero-order chi connectivity index (χ0) is 24.7. The predicted octanol–water partition coefficient (Wildman–Crippen LogP) is 4.04. The lowest BCUT2D eigenvalue weighted by atomic mass is 10.1. The summed E-state index contributed by atoms with van der Waals surface area (Å²) >= 11 is 6.26. The number of anilines is 1. The van der Waals surface area contributed by atoms with E-state index in [4.69, 9.17) is 11.6 Å². The normalized spacial score (nSPS) is 17.6. The number of alkyl halides is 3. The second-order valence-corrected chi connectivity index (χ2v) is 10.8. The third-order valence-corrected chi connectivity index (χ3v) is 8.08. The van der Waals surface area contributed by atoms with Gasteiger partial charge in [-0.25, -0.2) is 17.5 Å². The van der Waals surface area contributed by atoms with E-state index in [0.717, 1.165) is 24.3 Å². The molecule has 2 aromatic carbocycles. The van der Waals surface area contributed by atoms with Crippen LogP contribution in [0.3, 0.4) is 0 Å². The van der Waals surface area contributed by atoms with E-state index in [0.29, 0.717) is 56.8 Å². The van der Waals surface area contributed by atoms with Gasteiger partial charge < -0.3 is 4.90 Å². The van der Waals surface area contributed by atoms with Crippen molar-refractivity contribution in [2.75, 3.05) is 31.1 Å². The van der Waals surface area contributed by atoms with Gasteiger partial charge in [0.25, 0.3) is 5.91 Å². The number of hydrogen-bond donors (Lipinski definition) is 1. The van der Waals surface area contributed by atoms with Crippen molar-refractivity contribution in [1.29, 1.82) is 0 Å². The molecule has 1 saturated carbocycles. The third kappa shape index (κ3) is 5.64. The van der Waals surface area contributed by atoms with Gasteiger partial charge in [-0.15, -0.1) is 0 Å². The summed E-state index contributed by atoms with van der Waals surface area (Å²) in [6.45, 7) is 2.57. The summed E-state index contributed by atoms with van der Waals surface area (Å²) in [5.74, 6) is -1.92. The van der Waals surface area contributed by atoms with E-state index in [2.05, 4.69) is 0 Å². The summed E-state index contributed by atoms with van der Waals surface area (Å²) in [5, 5.41) is -0.476. The SMILES string of the molecule is O=C(NS(=O)(=O)C1CC1)c1cc(Cl)c(CN2CCN(c3ccc(C(F)(F)F)cc3)CC2)cc1F. The van der Waals surface area contributed by atoms with Crippen molar-refractivity contribution in [3.63, 3.8) is 0 Å². The molecule has 2 aliphatic rings. The molecule has 184 valence electrons. The number of carbonyl (C=O) groups excluding carboxylic acids is 1. The molecule has 1 amide bonds. The Balaban J connectivity index is 1.36. The van der Waals surface area contributed by atoms with E-state index in [-0.39, 0.29) is 5.02 Å². The number of halogens is 5. The lowest BCUT2D eigenvalue weighted by molar-refractivity contribution is -0.137. The molecule has 1 N–H and O–H groups in total. The van der Waals surface area contributed by atoms with Crippen molar-refractivity contribution in [2.45, 2.75) is 30.8 Å². The molecule has 2 aromatic rings. The molecular weight excluding hydrogens is 498 g/mol. The number of rotatable bonds is 6. The lowest BCUT2D eigenvalue weighted by Gasteiger charge is -2.36. The monoisotopic (exact) mass is 519 g/mol. The Hall–Kier alpha value is -2.37. The number of carbonyl (C=O) groups is 1. The first-order valence-electron chi connectivity index (χ1n) is 10.6. The van der Waals surface area contributed by atoms with Crippen LogP contribution in [0.15, 0.2) is 36.4 Å². The van der Waals surface area contributed by atoms with Crippen LogP contribution in [-0.4, -0.2) is 50.7 Å². The fourth-order valence-corrected chi connectivity index (χ4v) is 5.31. The molecule has 0 aromatic heterocycles. The van der Waals surface area contributed by atoms with Crippen molar-refractivity contribution in [1.82, 2.24) is 9.62 Å². The minimum absolute atomic E-state index is 0.139. The summed E-state index contributed by atoms with van der Waals surface area (Å²) < 4.78 is 78.6. The van der Waals surface area contributed by atoms with E-state index in [1.54, 1.807) is 0 Å². The number of amides is 1. The quantitative estimate of drug-likeness (QED) is 0.583. The maximum atomic E-state index is 14.6. The smallest absolute Gasteiger partial charge is 0.369 e.